The molecular weight excluding hydrogens is 551 g/mol. The first-order valence-electron chi connectivity index (χ1n) is 13.3. The first-order valence-corrected chi connectivity index (χ1v) is 14.2. The second-order valence-electron chi connectivity index (χ2n) is 10.2. The first kappa shape index (κ1) is 30.4. The lowest BCUT2D eigenvalue weighted by atomic mass is 10.0. The van der Waals surface area contributed by atoms with Crippen molar-refractivity contribution in [3.63, 3.8) is 0 Å². The van der Waals surface area contributed by atoms with Gasteiger partial charge in [0.2, 0.25) is 0 Å². The van der Waals surface area contributed by atoms with Crippen LogP contribution >= 0.6 is 11.3 Å². The van der Waals surface area contributed by atoms with Gasteiger partial charge in [-0.15, -0.1) is 0 Å². The number of hydrogen-bond donors (Lipinski definition) is 0. The number of benzene rings is 1. The number of halogens is 1. The smallest absolute Gasteiger partial charge is 0.332 e. The molecule has 0 bridgehead atoms. The lowest BCUT2D eigenvalue weighted by Gasteiger charge is -2.23. The van der Waals surface area contributed by atoms with Crippen LogP contribution in [0.4, 0.5) is 4.39 Å². The van der Waals surface area contributed by atoms with Gasteiger partial charge in [-0.2, -0.15) is 5.10 Å². The number of methoxy groups -OCH3 is 2. The molecule has 0 saturated heterocycles. The van der Waals surface area contributed by atoms with Crippen LogP contribution < -0.4 is 16.0 Å². The lowest BCUT2D eigenvalue weighted by molar-refractivity contribution is -0.122. The predicted molar refractivity (Wildman–Crippen MR) is 155 cm³/mol. The van der Waals surface area contributed by atoms with Crippen molar-refractivity contribution in [1.82, 2.24) is 18.9 Å². The number of carbonyl (C=O) groups excluding carboxylic acids is 1. The minimum Gasteiger partial charge on any atom is -0.496 e. The predicted octanol–water partition coefficient (Wildman–Crippen LogP) is 4.45. The lowest BCUT2D eigenvalue weighted by Crippen LogP contribution is -2.44. The first-order chi connectivity index (χ1) is 19.6. The third-order valence-electron chi connectivity index (χ3n) is 6.89. The topological polar surface area (TPSA) is 107 Å². The van der Waals surface area contributed by atoms with Crippen LogP contribution in [0, 0.1) is 18.7 Å². The summed E-state index contributed by atoms with van der Waals surface area (Å²) in [6.07, 6.45) is 2.74. The third kappa shape index (κ3) is 6.19. The van der Waals surface area contributed by atoms with E-state index in [1.165, 1.54) is 48.3 Å². The summed E-state index contributed by atoms with van der Waals surface area (Å²) in [5.74, 6) is -0.277. The quantitative estimate of drug-likeness (QED) is 0.213. The normalized spacial score (nSPS) is 13.2. The van der Waals surface area contributed by atoms with Crippen molar-refractivity contribution in [2.45, 2.75) is 52.8 Å². The van der Waals surface area contributed by atoms with Crippen LogP contribution in [0.2, 0.25) is 0 Å². The molecule has 220 valence electrons. The van der Waals surface area contributed by atoms with E-state index in [1.807, 2.05) is 13.8 Å². The Hall–Kier alpha value is -3.61. The maximum atomic E-state index is 14.4. The van der Waals surface area contributed by atoms with E-state index in [1.54, 1.807) is 37.0 Å². The number of hydrogen-bond acceptors (Lipinski definition) is 8. The molecule has 0 unspecified atom stereocenters. The molecule has 0 N–H and O–H groups in total. The molecular formula is C29H35FN4O6S. The van der Waals surface area contributed by atoms with Gasteiger partial charge >= 0.3 is 5.69 Å². The maximum Gasteiger partial charge on any atom is 0.332 e. The van der Waals surface area contributed by atoms with Gasteiger partial charge in [0.05, 0.1) is 38.3 Å². The van der Waals surface area contributed by atoms with Crippen molar-refractivity contribution in [2.75, 3.05) is 27.4 Å². The van der Waals surface area contributed by atoms with Crippen LogP contribution in [0.1, 0.15) is 50.5 Å². The number of aryl methyl sites for hydroxylation is 1. The van der Waals surface area contributed by atoms with Gasteiger partial charge in [0.25, 0.3) is 5.56 Å². The standard InChI is InChI=1S/C29H35FN4O6S/c1-17(2)14-22(35)19(4)34-26(36)25-18(3)27(33-11-7-10-31-33)41-28(25)32(29(34)37)16-24(40-13-12-38-5)21-15-20(30)8-9-23(21)39-6/h7-11,15,17,19,24H,12-14,16H2,1-6H3/t19-,24-/m0/s1. The summed E-state index contributed by atoms with van der Waals surface area (Å²) >= 11 is 1.23. The fourth-order valence-electron chi connectivity index (χ4n) is 4.82. The third-order valence-corrected chi connectivity index (χ3v) is 8.19. The zero-order valence-electron chi connectivity index (χ0n) is 24.0. The molecule has 0 fully saturated rings. The average molecular weight is 587 g/mol. The number of ether oxygens (including phenoxy) is 3. The van der Waals surface area contributed by atoms with Crippen LogP contribution in [0.15, 0.2) is 46.2 Å². The van der Waals surface area contributed by atoms with Gasteiger partial charge in [0, 0.05) is 37.1 Å². The van der Waals surface area contributed by atoms with Crippen molar-refractivity contribution >= 4 is 27.3 Å². The summed E-state index contributed by atoms with van der Waals surface area (Å²) in [4.78, 5) is 41.5. The van der Waals surface area contributed by atoms with Crippen molar-refractivity contribution in [1.29, 1.82) is 0 Å². The summed E-state index contributed by atoms with van der Waals surface area (Å²) in [7, 11) is 3.00. The molecule has 0 amide bonds. The fraction of sp³-hybridized carbons (Fsp3) is 0.448. The van der Waals surface area contributed by atoms with Crippen LogP contribution in [-0.2, 0) is 20.8 Å². The molecule has 10 nitrogen and oxygen atoms in total. The number of nitrogens with zero attached hydrogens (tertiary/aromatic N) is 4. The molecule has 0 saturated carbocycles. The molecule has 41 heavy (non-hydrogen) atoms. The molecule has 0 spiro atoms. The van der Waals surface area contributed by atoms with Crippen LogP contribution in [0.25, 0.3) is 15.2 Å². The summed E-state index contributed by atoms with van der Waals surface area (Å²) in [5, 5.41) is 5.29. The van der Waals surface area contributed by atoms with E-state index < -0.39 is 29.2 Å². The molecule has 4 rings (SSSR count). The maximum absolute atomic E-state index is 14.4. The van der Waals surface area contributed by atoms with E-state index in [-0.39, 0.29) is 37.9 Å². The second-order valence-corrected chi connectivity index (χ2v) is 11.2. The van der Waals surface area contributed by atoms with Gasteiger partial charge in [-0.1, -0.05) is 25.2 Å². The van der Waals surface area contributed by atoms with E-state index in [9.17, 15) is 18.8 Å². The Kier molecular flexibility index (Phi) is 9.57. The number of ketones is 1. The van der Waals surface area contributed by atoms with E-state index in [0.29, 0.717) is 32.1 Å². The number of rotatable bonds is 13. The van der Waals surface area contributed by atoms with Gasteiger partial charge < -0.3 is 14.2 Å². The van der Waals surface area contributed by atoms with Crippen LogP contribution in [0.5, 0.6) is 5.75 Å². The number of aromatic nitrogens is 4. The second kappa shape index (κ2) is 12.9. The van der Waals surface area contributed by atoms with E-state index >= 15 is 0 Å². The van der Waals surface area contributed by atoms with Crippen molar-refractivity contribution in [3.05, 3.63) is 74.4 Å². The summed E-state index contributed by atoms with van der Waals surface area (Å²) in [6.45, 7) is 7.51. The van der Waals surface area contributed by atoms with Crippen LogP contribution in [-0.4, -0.2) is 52.1 Å². The zero-order chi connectivity index (χ0) is 29.8. The summed E-state index contributed by atoms with van der Waals surface area (Å²) < 4.78 is 35.3. The van der Waals surface area contributed by atoms with Gasteiger partial charge in [0.15, 0.2) is 5.78 Å². The average Bonchev–Trinajstić information content (AvgIpc) is 3.58. The molecule has 1 aromatic carbocycles. The van der Waals surface area contributed by atoms with Crippen molar-refractivity contribution in [2.24, 2.45) is 5.92 Å². The zero-order valence-corrected chi connectivity index (χ0v) is 24.9. The Morgan fingerprint density at radius 2 is 1.90 bits per heavy atom. The molecule has 4 aromatic rings. The molecule has 12 heteroatoms. The molecule has 2 atom stereocenters. The minimum atomic E-state index is -0.989. The molecule has 0 aliphatic rings. The highest BCUT2D eigenvalue weighted by Crippen LogP contribution is 2.34. The van der Waals surface area contributed by atoms with E-state index in [2.05, 4.69) is 5.10 Å². The summed E-state index contributed by atoms with van der Waals surface area (Å²) in [5.41, 5.74) is -0.176. The molecule has 3 aromatic heterocycles. The number of thiophene rings is 1. The van der Waals surface area contributed by atoms with Gasteiger partial charge in [-0.3, -0.25) is 14.2 Å². The van der Waals surface area contributed by atoms with Crippen molar-refractivity contribution in [3.8, 4) is 10.8 Å². The molecule has 0 aliphatic heterocycles. The van der Waals surface area contributed by atoms with E-state index in [0.717, 1.165) is 4.57 Å². The Morgan fingerprint density at radius 1 is 1.15 bits per heavy atom. The number of Topliss-reactive ketones (excluding diaryl/α,β-unsaturated/α-hetero) is 1. The largest absolute Gasteiger partial charge is 0.496 e. The molecule has 0 aliphatic carbocycles. The minimum absolute atomic E-state index is 0.0555. The Balaban J connectivity index is 1.98. The van der Waals surface area contributed by atoms with E-state index in [4.69, 9.17) is 14.2 Å². The molecule has 0 radical (unpaired) electrons. The summed E-state index contributed by atoms with van der Waals surface area (Å²) in [6, 6.07) is 4.85. The Labute approximate surface area is 240 Å². The highest BCUT2D eigenvalue weighted by Gasteiger charge is 2.28. The number of fused-ring (bicyclic) bond motifs is 1. The van der Waals surface area contributed by atoms with Gasteiger partial charge in [0.1, 0.15) is 27.5 Å². The van der Waals surface area contributed by atoms with Gasteiger partial charge in [-0.25, -0.2) is 18.4 Å². The highest BCUT2D eigenvalue weighted by molar-refractivity contribution is 7.21. The molecule has 3 heterocycles. The number of carbonyl (C=O) groups is 1. The Bertz CT molecular complexity index is 1640. The fourth-order valence-corrected chi connectivity index (χ4v) is 6.06. The SMILES string of the molecule is COCCO[C@@H](Cn1c(=O)n([C@@H](C)C(=O)CC(C)C)c(=O)c2c(C)c(-n3cccn3)sc21)c1cc(F)ccc1OC. The Morgan fingerprint density at radius 3 is 2.54 bits per heavy atom. The monoisotopic (exact) mass is 586 g/mol. The van der Waals surface area contributed by atoms with Crippen molar-refractivity contribution < 1.29 is 23.4 Å². The highest BCUT2D eigenvalue weighted by atomic mass is 32.1. The van der Waals surface area contributed by atoms with Crippen LogP contribution in [0.3, 0.4) is 0 Å². The van der Waals surface area contributed by atoms with Gasteiger partial charge in [-0.05, 0) is 44.0 Å².